The first-order valence-electron chi connectivity index (χ1n) is 7.96. The smallest absolute Gasteiger partial charge is 0.369 e. The van der Waals surface area contributed by atoms with Crippen molar-refractivity contribution in [1.29, 1.82) is 0 Å². The summed E-state index contributed by atoms with van der Waals surface area (Å²) in [6.07, 6.45) is -4.84. The number of hydrogen-bond acceptors (Lipinski definition) is 5. The van der Waals surface area contributed by atoms with Gasteiger partial charge in [0.15, 0.2) is 0 Å². The van der Waals surface area contributed by atoms with Crippen LogP contribution >= 0.6 is 11.5 Å². The molecule has 11 heteroatoms. The molecule has 0 saturated carbocycles. The minimum absolute atomic E-state index is 0.0635. The van der Waals surface area contributed by atoms with E-state index in [1.165, 1.54) is 12.1 Å². The number of carbonyl (C=O) groups excluding carboxylic acids is 1. The van der Waals surface area contributed by atoms with Gasteiger partial charge in [-0.1, -0.05) is 0 Å². The Morgan fingerprint density at radius 2 is 1.82 bits per heavy atom. The van der Waals surface area contributed by atoms with Gasteiger partial charge in [0.2, 0.25) is 5.91 Å². The zero-order chi connectivity index (χ0) is 21.0. The number of benzene rings is 1. The van der Waals surface area contributed by atoms with Gasteiger partial charge in [0.1, 0.15) is 5.69 Å². The molecule has 0 radical (unpaired) electrons. The van der Waals surface area contributed by atoms with E-state index in [1.54, 1.807) is 19.9 Å². The van der Waals surface area contributed by atoms with Gasteiger partial charge in [0.05, 0.1) is 21.5 Å². The van der Waals surface area contributed by atoms with Gasteiger partial charge >= 0.3 is 11.9 Å². The lowest BCUT2D eigenvalue weighted by Crippen LogP contribution is -2.40. The maximum Gasteiger partial charge on any atom is 0.431 e. The molecule has 0 bridgehead atoms. The Balaban J connectivity index is 2.29. The molecular weight excluding hydrogens is 397 g/mol. The lowest BCUT2D eigenvalue weighted by Gasteiger charge is -2.18. The third kappa shape index (κ3) is 3.01. The van der Waals surface area contributed by atoms with Crippen molar-refractivity contribution in [1.82, 2.24) is 13.5 Å². The van der Waals surface area contributed by atoms with Gasteiger partial charge < -0.3 is 5.73 Å². The summed E-state index contributed by atoms with van der Waals surface area (Å²) in [6, 6.07) is 4.81. The molecule has 0 saturated heterocycles. The first-order chi connectivity index (χ1) is 12.9. The molecule has 0 spiro atoms. The van der Waals surface area contributed by atoms with Crippen LogP contribution in [-0.4, -0.2) is 19.4 Å². The first-order valence-corrected chi connectivity index (χ1v) is 8.73. The van der Waals surface area contributed by atoms with Crippen molar-refractivity contribution >= 4 is 27.5 Å². The molecule has 0 aliphatic heterocycles. The number of amides is 1. The monoisotopic (exact) mass is 412 g/mol. The van der Waals surface area contributed by atoms with Crippen molar-refractivity contribution in [3.05, 3.63) is 56.5 Å². The van der Waals surface area contributed by atoms with E-state index < -0.39 is 34.4 Å². The number of halogens is 3. The van der Waals surface area contributed by atoms with Gasteiger partial charge in [-0.25, -0.2) is 9.36 Å². The van der Waals surface area contributed by atoms with Gasteiger partial charge in [-0.3, -0.25) is 14.2 Å². The van der Waals surface area contributed by atoms with Crippen molar-refractivity contribution < 1.29 is 18.0 Å². The molecule has 28 heavy (non-hydrogen) atoms. The third-order valence-corrected chi connectivity index (χ3v) is 5.36. The largest absolute Gasteiger partial charge is 0.431 e. The van der Waals surface area contributed by atoms with E-state index in [4.69, 9.17) is 5.73 Å². The SMILES string of the molecule is Cn1c(C(F)(F)F)cc(=O)n(-c2ccc3snc(C(C)(C)C(N)=O)c3c2)c1=O. The minimum atomic E-state index is -4.84. The molecule has 0 atom stereocenters. The second kappa shape index (κ2) is 6.30. The number of nitrogens with zero attached hydrogens (tertiary/aromatic N) is 3. The maximum atomic E-state index is 13.0. The Hall–Kier alpha value is -2.95. The number of alkyl halides is 3. The molecule has 0 unspecified atom stereocenters. The molecule has 1 aromatic carbocycles. The van der Waals surface area contributed by atoms with E-state index >= 15 is 0 Å². The maximum absolute atomic E-state index is 13.0. The summed E-state index contributed by atoms with van der Waals surface area (Å²) in [4.78, 5) is 36.5. The van der Waals surface area contributed by atoms with Crippen molar-refractivity contribution in [2.24, 2.45) is 12.8 Å². The van der Waals surface area contributed by atoms with Crippen LogP contribution in [0.15, 0.2) is 33.9 Å². The predicted molar refractivity (Wildman–Crippen MR) is 97.7 cm³/mol. The highest BCUT2D eigenvalue weighted by Crippen LogP contribution is 2.33. The second-order valence-electron chi connectivity index (χ2n) is 6.74. The highest BCUT2D eigenvalue weighted by atomic mass is 32.1. The molecule has 0 fully saturated rings. The topological polar surface area (TPSA) is 100.0 Å². The Kier molecular flexibility index (Phi) is 4.45. The molecular formula is C17H15F3N4O3S. The number of rotatable bonds is 3. The Morgan fingerprint density at radius 3 is 2.39 bits per heavy atom. The number of fused-ring (bicyclic) bond motifs is 1. The van der Waals surface area contributed by atoms with Crippen LogP contribution in [0.1, 0.15) is 25.2 Å². The van der Waals surface area contributed by atoms with E-state index in [2.05, 4.69) is 4.37 Å². The van der Waals surface area contributed by atoms with Crippen LogP contribution in [0.25, 0.3) is 15.8 Å². The van der Waals surface area contributed by atoms with Gasteiger partial charge in [0.25, 0.3) is 5.56 Å². The molecule has 3 rings (SSSR count). The van der Waals surface area contributed by atoms with E-state index in [0.29, 0.717) is 31.0 Å². The minimum Gasteiger partial charge on any atom is -0.369 e. The molecule has 0 aliphatic rings. The lowest BCUT2D eigenvalue weighted by atomic mass is 9.86. The fraction of sp³-hybridized carbons (Fsp3) is 0.294. The Morgan fingerprint density at radius 1 is 1.18 bits per heavy atom. The van der Waals surface area contributed by atoms with Crippen molar-refractivity contribution in [2.75, 3.05) is 0 Å². The van der Waals surface area contributed by atoms with E-state index in [0.717, 1.165) is 18.6 Å². The number of hydrogen-bond donors (Lipinski definition) is 1. The van der Waals surface area contributed by atoms with Crippen molar-refractivity contribution in [2.45, 2.75) is 25.4 Å². The normalized spacial score (nSPS) is 12.5. The summed E-state index contributed by atoms with van der Waals surface area (Å²) in [5, 5.41) is 0.486. The summed E-state index contributed by atoms with van der Waals surface area (Å²) in [7, 11) is 0.938. The molecule has 7 nitrogen and oxygen atoms in total. The highest BCUT2D eigenvalue weighted by molar-refractivity contribution is 7.13. The van der Waals surface area contributed by atoms with Crippen LogP contribution in [0.3, 0.4) is 0 Å². The van der Waals surface area contributed by atoms with Crippen molar-refractivity contribution in [3.63, 3.8) is 0 Å². The van der Waals surface area contributed by atoms with Crippen LogP contribution in [0, 0.1) is 0 Å². The van der Waals surface area contributed by atoms with E-state index in [9.17, 15) is 27.6 Å². The molecule has 2 aromatic heterocycles. The zero-order valence-corrected chi connectivity index (χ0v) is 15.8. The summed E-state index contributed by atoms with van der Waals surface area (Å²) in [6.45, 7) is 3.17. The van der Waals surface area contributed by atoms with Crippen LogP contribution in [0.4, 0.5) is 13.2 Å². The van der Waals surface area contributed by atoms with E-state index in [-0.39, 0.29) is 5.69 Å². The molecule has 2 heterocycles. The Bertz CT molecular complexity index is 1220. The molecule has 1 amide bonds. The summed E-state index contributed by atoms with van der Waals surface area (Å²) in [5.74, 6) is -0.618. The Labute approximate surface area is 160 Å². The quantitative estimate of drug-likeness (QED) is 0.710. The number of carbonyl (C=O) groups is 1. The van der Waals surface area contributed by atoms with Crippen LogP contribution in [0.2, 0.25) is 0 Å². The number of aromatic nitrogens is 3. The molecule has 2 N–H and O–H groups in total. The van der Waals surface area contributed by atoms with E-state index in [1.807, 2.05) is 0 Å². The van der Waals surface area contributed by atoms with Gasteiger partial charge in [-0.05, 0) is 43.6 Å². The van der Waals surface area contributed by atoms with Crippen molar-refractivity contribution in [3.8, 4) is 5.69 Å². The lowest BCUT2D eigenvalue weighted by molar-refractivity contribution is -0.144. The van der Waals surface area contributed by atoms with Crippen LogP contribution in [0.5, 0.6) is 0 Å². The number of nitrogens with two attached hydrogens (primary N) is 1. The third-order valence-electron chi connectivity index (χ3n) is 4.53. The van der Waals surface area contributed by atoms with Crippen LogP contribution in [-0.2, 0) is 23.4 Å². The van der Waals surface area contributed by atoms with Gasteiger partial charge in [0, 0.05) is 18.5 Å². The molecule has 3 aromatic rings. The molecule has 148 valence electrons. The fourth-order valence-electron chi connectivity index (χ4n) is 2.77. The highest BCUT2D eigenvalue weighted by Gasteiger charge is 2.35. The fourth-order valence-corrected chi connectivity index (χ4v) is 3.67. The molecule has 0 aliphatic carbocycles. The second-order valence-corrected chi connectivity index (χ2v) is 7.55. The van der Waals surface area contributed by atoms with Gasteiger partial charge in [-0.15, -0.1) is 0 Å². The first kappa shape index (κ1) is 19.8. The zero-order valence-electron chi connectivity index (χ0n) is 15.0. The van der Waals surface area contributed by atoms with Crippen LogP contribution < -0.4 is 17.0 Å². The summed E-state index contributed by atoms with van der Waals surface area (Å²) in [5.41, 5.74) is 1.15. The standard InChI is InChI=1S/C17H15F3N4O3S/c1-16(2,14(21)26)13-9-6-8(4-5-10(9)28-22-13)24-12(25)7-11(17(18,19)20)23(3)15(24)27/h4-7H,1-3H3,(H2,21,26). The number of primary amides is 1. The average molecular weight is 412 g/mol. The summed E-state index contributed by atoms with van der Waals surface area (Å²) >= 11 is 1.10. The average Bonchev–Trinajstić information content (AvgIpc) is 3.01. The van der Waals surface area contributed by atoms with Gasteiger partial charge in [-0.2, -0.15) is 17.5 Å². The summed E-state index contributed by atoms with van der Waals surface area (Å²) < 4.78 is 45.0. The predicted octanol–water partition coefficient (Wildman–Crippen LogP) is 1.93.